The van der Waals surface area contributed by atoms with Crippen LogP contribution in [0.3, 0.4) is 0 Å². The number of nitrogens with zero attached hydrogens (tertiary/aromatic N) is 2. The SMILES string of the molecule is BC(CC)(N(CC)CC)N(CC)CC. The van der Waals surface area contributed by atoms with Crippen LogP contribution in [0.1, 0.15) is 41.0 Å². The summed E-state index contributed by atoms with van der Waals surface area (Å²) in [4.78, 5) is 5.11. The molecule has 0 aliphatic heterocycles. The summed E-state index contributed by atoms with van der Waals surface area (Å²) >= 11 is 0. The van der Waals surface area contributed by atoms with Gasteiger partial charge in [0.2, 0.25) is 0 Å². The second-order valence-electron chi connectivity index (χ2n) is 3.92. The van der Waals surface area contributed by atoms with Gasteiger partial charge < -0.3 is 0 Å². The van der Waals surface area contributed by atoms with Crippen molar-refractivity contribution >= 4 is 7.85 Å². The Bertz CT molecular complexity index is 130. The summed E-state index contributed by atoms with van der Waals surface area (Å²) in [7, 11) is 2.37. The van der Waals surface area contributed by atoms with E-state index in [0.29, 0.717) is 0 Å². The lowest BCUT2D eigenvalue weighted by molar-refractivity contribution is 0.0154. The molecular formula is C11H27BN2. The molecule has 0 saturated heterocycles. The minimum absolute atomic E-state index is 0.243. The lowest BCUT2D eigenvalue weighted by atomic mass is 9.80. The van der Waals surface area contributed by atoms with Crippen molar-refractivity contribution in [3.63, 3.8) is 0 Å². The van der Waals surface area contributed by atoms with Crippen molar-refractivity contribution in [1.29, 1.82) is 0 Å². The van der Waals surface area contributed by atoms with Crippen LogP contribution in [0.5, 0.6) is 0 Å². The Balaban J connectivity index is 4.72. The highest BCUT2D eigenvalue weighted by Crippen LogP contribution is 2.20. The van der Waals surface area contributed by atoms with Gasteiger partial charge in [0, 0.05) is 5.56 Å². The van der Waals surface area contributed by atoms with Crippen molar-refractivity contribution in [3.05, 3.63) is 0 Å². The zero-order valence-electron chi connectivity index (χ0n) is 10.9. The Morgan fingerprint density at radius 1 is 0.786 bits per heavy atom. The third kappa shape index (κ3) is 2.74. The van der Waals surface area contributed by atoms with Gasteiger partial charge in [-0.25, -0.2) is 0 Å². The number of hydrogen-bond donors (Lipinski definition) is 0. The molecular weight excluding hydrogens is 171 g/mol. The zero-order valence-corrected chi connectivity index (χ0v) is 10.9. The van der Waals surface area contributed by atoms with E-state index in [4.69, 9.17) is 0 Å². The molecule has 0 amide bonds. The Hall–Kier alpha value is -0.0151. The summed E-state index contributed by atoms with van der Waals surface area (Å²) < 4.78 is 0. The predicted octanol–water partition coefficient (Wildman–Crippen LogP) is 1.37. The van der Waals surface area contributed by atoms with Crippen molar-refractivity contribution in [2.24, 2.45) is 0 Å². The molecule has 0 spiro atoms. The maximum Gasteiger partial charge on any atom is 0.147 e. The summed E-state index contributed by atoms with van der Waals surface area (Å²) in [6, 6.07) is 0. The lowest BCUT2D eigenvalue weighted by Crippen LogP contribution is -2.60. The van der Waals surface area contributed by atoms with Gasteiger partial charge in [-0.05, 0) is 32.6 Å². The maximum atomic E-state index is 2.56. The molecule has 14 heavy (non-hydrogen) atoms. The molecule has 0 aromatic carbocycles. The van der Waals surface area contributed by atoms with Gasteiger partial charge in [-0.1, -0.05) is 34.6 Å². The van der Waals surface area contributed by atoms with Crippen molar-refractivity contribution in [2.45, 2.75) is 46.6 Å². The van der Waals surface area contributed by atoms with Crippen LogP contribution in [0.2, 0.25) is 0 Å². The molecule has 0 saturated carbocycles. The van der Waals surface area contributed by atoms with Gasteiger partial charge in [0.25, 0.3) is 0 Å². The lowest BCUT2D eigenvalue weighted by Gasteiger charge is -2.48. The van der Waals surface area contributed by atoms with Gasteiger partial charge in [0.05, 0.1) is 0 Å². The highest BCUT2D eigenvalue weighted by Gasteiger charge is 2.32. The summed E-state index contributed by atoms with van der Waals surface area (Å²) in [5.41, 5.74) is 0.243. The molecule has 0 N–H and O–H groups in total. The minimum atomic E-state index is 0.243. The van der Waals surface area contributed by atoms with E-state index in [1.807, 2.05) is 0 Å². The first-order chi connectivity index (χ1) is 6.60. The normalized spacial score (nSPS) is 12.8. The maximum absolute atomic E-state index is 2.56. The van der Waals surface area contributed by atoms with Gasteiger partial charge in [-0.2, -0.15) is 0 Å². The van der Waals surface area contributed by atoms with Gasteiger partial charge >= 0.3 is 0 Å². The molecule has 0 unspecified atom stereocenters. The molecule has 3 heteroatoms. The highest BCUT2D eigenvalue weighted by molar-refractivity contribution is 6.14. The Morgan fingerprint density at radius 2 is 1.07 bits per heavy atom. The third-order valence-corrected chi connectivity index (χ3v) is 3.56. The average Bonchev–Trinajstić information content (AvgIpc) is 2.21. The first-order valence-corrected chi connectivity index (χ1v) is 6.10. The van der Waals surface area contributed by atoms with E-state index in [1.54, 1.807) is 0 Å². The fourth-order valence-corrected chi connectivity index (χ4v) is 2.46. The molecule has 0 fully saturated rings. The van der Waals surface area contributed by atoms with Crippen LogP contribution in [0.25, 0.3) is 0 Å². The molecule has 0 aromatic heterocycles. The van der Waals surface area contributed by atoms with E-state index in [2.05, 4.69) is 52.3 Å². The van der Waals surface area contributed by atoms with E-state index < -0.39 is 0 Å². The molecule has 0 aliphatic carbocycles. The first-order valence-electron chi connectivity index (χ1n) is 6.10. The predicted molar refractivity (Wildman–Crippen MR) is 67.4 cm³/mol. The van der Waals surface area contributed by atoms with Crippen LogP contribution in [0, 0.1) is 0 Å². The minimum Gasteiger partial charge on any atom is -0.293 e. The van der Waals surface area contributed by atoms with E-state index in [1.165, 1.54) is 6.42 Å². The van der Waals surface area contributed by atoms with E-state index in [-0.39, 0.29) is 5.56 Å². The number of rotatable bonds is 7. The van der Waals surface area contributed by atoms with Crippen LogP contribution in [0.4, 0.5) is 0 Å². The summed E-state index contributed by atoms with van der Waals surface area (Å²) in [5, 5.41) is 0. The van der Waals surface area contributed by atoms with Crippen molar-refractivity contribution < 1.29 is 0 Å². The standard InChI is InChI=1S/C11H27BN2/c1-6-11(12,13(7-2)8-3)14(9-4)10-5/h6-10,12H2,1-5H3. The van der Waals surface area contributed by atoms with Crippen molar-refractivity contribution in [1.82, 2.24) is 9.80 Å². The largest absolute Gasteiger partial charge is 0.293 e. The van der Waals surface area contributed by atoms with Gasteiger partial charge in [-0.15, -0.1) is 0 Å². The van der Waals surface area contributed by atoms with Gasteiger partial charge in [-0.3, -0.25) is 9.80 Å². The third-order valence-electron chi connectivity index (χ3n) is 3.56. The molecule has 0 atom stereocenters. The molecule has 0 aromatic rings. The molecule has 2 nitrogen and oxygen atoms in total. The Kier molecular flexibility index (Phi) is 6.46. The quantitative estimate of drug-likeness (QED) is 0.450. The Labute approximate surface area is 91.1 Å². The zero-order chi connectivity index (χ0) is 11.2. The number of hydrogen-bond acceptors (Lipinski definition) is 2. The van der Waals surface area contributed by atoms with Crippen LogP contribution in [0.15, 0.2) is 0 Å². The average molecular weight is 198 g/mol. The van der Waals surface area contributed by atoms with Gasteiger partial charge in [0.15, 0.2) is 0 Å². The van der Waals surface area contributed by atoms with E-state index in [0.717, 1.165) is 26.2 Å². The molecule has 0 rings (SSSR count). The molecule has 0 aliphatic rings. The summed E-state index contributed by atoms with van der Waals surface area (Å²) in [5.74, 6) is 0. The molecule has 0 radical (unpaired) electrons. The molecule has 0 bridgehead atoms. The van der Waals surface area contributed by atoms with Crippen molar-refractivity contribution in [3.8, 4) is 0 Å². The fourth-order valence-electron chi connectivity index (χ4n) is 2.46. The second kappa shape index (κ2) is 6.47. The van der Waals surface area contributed by atoms with E-state index in [9.17, 15) is 0 Å². The van der Waals surface area contributed by atoms with E-state index >= 15 is 0 Å². The molecule has 84 valence electrons. The van der Waals surface area contributed by atoms with Crippen molar-refractivity contribution in [2.75, 3.05) is 26.2 Å². The van der Waals surface area contributed by atoms with Crippen LogP contribution in [-0.2, 0) is 0 Å². The monoisotopic (exact) mass is 198 g/mol. The highest BCUT2D eigenvalue weighted by atomic mass is 15.4. The van der Waals surface area contributed by atoms with Crippen LogP contribution >= 0.6 is 0 Å². The molecule has 0 heterocycles. The van der Waals surface area contributed by atoms with Crippen LogP contribution < -0.4 is 0 Å². The Morgan fingerprint density at radius 3 is 1.21 bits per heavy atom. The second-order valence-corrected chi connectivity index (χ2v) is 3.92. The first kappa shape index (κ1) is 14.0. The topological polar surface area (TPSA) is 6.48 Å². The fraction of sp³-hybridized carbons (Fsp3) is 1.00. The van der Waals surface area contributed by atoms with Crippen LogP contribution in [-0.4, -0.2) is 49.4 Å². The summed E-state index contributed by atoms with van der Waals surface area (Å²) in [6.45, 7) is 15.8. The van der Waals surface area contributed by atoms with Gasteiger partial charge in [0.1, 0.15) is 7.85 Å². The smallest absolute Gasteiger partial charge is 0.147 e. The summed E-state index contributed by atoms with van der Waals surface area (Å²) in [6.07, 6.45) is 1.19.